The van der Waals surface area contributed by atoms with Crippen molar-refractivity contribution in [2.24, 2.45) is 12.8 Å². The van der Waals surface area contributed by atoms with Gasteiger partial charge in [-0.1, -0.05) is 12.1 Å². The molecule has 0 bridgehead atoms. The summed E-state index contributed by atoms with van der Waals surface area (Å²) < 4.78 is 7.46. The highest BCUT2D eigenvalue weighted by Gasteiger charge is 2.17. The van der Waals surface area contributed by atoms with E-state index in [1.54, 1.807) is 0 Å². The number of hydrogen-bond acceptors (Lipinski definition) is 3. The van der Waals surface area contributed by atoms with Gasteiger partial charge in [0, 0.05) is 25.2 Å². The predicted octanol–water partition coefficient (Wildman–Crippen LogP) is 2.21. The van der Waals surface area contributed by atoms with Crippen LogP contribution < -0.4 is 10.5 Å². The number of nitrogens with zero attached hydrogens (tertiary/aromatic N) is 2. The normalized spacial score (nSPS) is 15.0. The molecule has 2 aromatic rings. The smallest absolute Gasteiger partial charge is 0.122 e. The van der Waals surface area contributed by atoms with E-state index in [-0.39, 0.29) is 6.04 Å². The van der Waals surface area contributed by atoms with E-state index in [1.807, 2.05) is 24.7 Å². The molecule has 106 valence electrons. The van der Waals surface area contributed by atoms with Crippen molar-refractivity contribution in [2.45, 2.75) is 32.7 Å². The Balaban J connectivity index is 1.84. The summed E-state index contributed by atoms with van der Waals surface area (Å²) in [7, 11) is 1.98. The number of fused-ring (bicyclic) bond motifs is 1. The first kappa shape index (κ1) is 13.2. The van der Waals surface area contributed by atoms with Crippen molar-refractivity contribution in [1.29, 1.82) is 0 Å². The lowest BCUT2D eigenvalue weighted by Gasteiger charge is -2.13. The van der Waals surface area contributed by atoms with Gasteiger partial charge in [-0.3, -0.25) is 4.68 Å². The zero-order chi connectivity index (χ0) is 14.3. The minimum Gasteiger partial charge on any atom is -0.493 e. The van der Waals surface area contributed by atoms with Crippen LogP contribution in [0.4, 0.5) is 0 Å². The minimum atomic E-state index is 0.00231. The molecule has 0 amide bonds. The van der Waals surface area contributed by atoms with Crippen molar-refractivity contribution < 1.29 is 4.74 Å². The molecule has 2 N–H and O–H groups in total. The van der Waals surface area contributed by atoms with Gasteiger partial charge in [0.1, 0.15) is 5.75 Å². The Labute approximate surface area is 119 Å². The van der Waals surface area contributed by atoms with Crippen molar-refractivity contribution in [1.82, 2.24) is 9.78 Å². The Morgan fingerprint density at radius 3 is 2.90 bits per heavy atom. The summed E-state index contributed by atoms with van der Waals surface area (Å²) in [4.78, 5) is 0. The molecule has 1 unspecified atom stereocenters. The van der Waals surface area contributed by atoms with Gasteiger partial charge in [0.25, 0.3) is 0 Å². The molecule has 0 spiro atoms. The lowest BCUT2D eigenvalue weighted by molar-refractivity contribution is 0.357. The monoisotopic (exact) mass is 271 g/mol. The van der Waals surface area contributed by atoms with Crippen LogP contribution in [0.1, 0.15) is 34.1 Å². The Bertz CT molecular complexity index is 645. The van der Waals surface area contributed by atoms with Crippen LogP contribution in [0, 0.1) is 13.8 Å². The quantitative estimate of drug-likeness (QED) is 0.931. The number of ether oxygens (including phenoxy) is 1. The maximum atomic E-state index is 6.39. The number of hydrogen-bond donors (Lipinski definition) is 1. The first-order valence-corrected chi connectivity index (χ1v) is 7.06. The molecule has 4 nitrogen and oxygen atoms in total. The first-order chi connectivity index (χ1) is 9.56. The average Bonchev–Trinajstić information content (AvgIpc) is 2.98. The second-order valence-electron chi connectivity index (χ2n) is 5.55. The zero-order valence-electron chi connectivity index (χ0n) is 12.3. The second kappa shape index (κ2) is 4.94. The summed E-state index contributed by atoms with van der Waals surface area (Å²) in [6, 6.07) is 6.31. The SMILES string of the molecule is Cc1nn(C)c(C)c1CC(N)c1ccc2c(c1)CCO2. The summed E-state index contributed by atoms with van der Waals surface area (Å²) in [5.41, 5.74) is 12.4. The number of rotatable bonds is 3. The fourth-order valence-electron chi connectivity index (χ4n) is 2.89. The van der Waals surface area contributed by atoms with Gasteiger partial charge in [-0.05, 0) is 43.0 Å². The van der Waals surface area contributed by atoms with Crippen LogP contribution >= 0.6 is 0 Å². The van der Waals surface area contributed by atoms with Gasteiger partial charge in [0.15, 0.2) is 0 Å². The number of aromatic nitrogens is 2. The standard InChI is InChI=1S/C16H21N3O/c1-10-14(11(2)19(3)18-10)9-15(17)12-4-5-16-13(8-12)6-7-20-16/h4-5,8,15H,6-7,9,17H2,1-3H3. The lowest BCUT2D eigenvalue weighted by atomic mass is 9.96. The van der Waals surface area contributed by atoms with E-state index in [0.29, 0.717) is 0 Å². The molecular formula is C16H21N3O. The molecule has 1 aromatic carbocycles. The summed E-state index contributed by atoms with van der Waals surface area (Å²) in [6.45, 7) is 4.93. The fraction of sp³-hybridized carbons (Fsp3) is 0.438. The van der Waals surface area contributed by atoms with Crippen LogP contribution in [-0.2, 0) is 19.9 Å². The number of nitrogens with two attached hydrogens (primary N) is 1. The summed E-state index contributed by atoms with van der Waals surface area (Å²) in [5.74, 6) is 1.01. The van der Waals surface area contributed by atoms with Crippen LogP contribution in [0.25, 0.3) is 0 Å². The van der Waals surface area contributed by atoms with Crippen molar-refractivity contribution in [3.8, 4) is 5.75 Å². The fourth-order valence-corrected chi connectivity index (χ4v) is 2.89. The highest BCUT2D eigenvalue weighted by Crippen LogP contribution is 2.29. The third kappa shape index (κ3) is 2.20. The van der Waals surface area contributed by atoms with Gasteiger partial charge < -0.3 is 10.5 Å². The van der Waals surface area contributed by atoms with E-state index >= 15 is 0 Å². The van der Waals surface area contributed by atoms with Crippen LogP contribution in [0.2, 0.25) is 0 Å². The molecule has 1 aliphatic heterocycles. The van der Waals surface area contributed by atoms with Crippen LogP contribution in [0.15, 0.2) is 18.2 Å². The molecule has 1 aromatic heterocycles. The average molecular weight is 271 g/mol. The first-order valence-electron chi connectivity index (χ1n) is 7.06. The Morgan fingerprint density at radius 2 is 2.20 bits per heavy atom. The third-order valence-corrected chi connectivity index (χ3v) is 4.22. The Kier molecular flexibility index (Phi) is 3.26. The van der Waals surface area contributed by atoms with Gasteiger partial charge in [-0.2, -0.15) is 5.10 Å². The van der Waals surface area contributed by atoms with Crippen molar-refractivity contribution in [3.63, 3.8) is 0 Å². The van der Waals surface area contributed by atoms with E-state index in [2.05, 4.69) is 24.2 Å². The topological polar surface area (TPSA) is 53.1 Å². The van der Waals surface area contributed by atoms with E-state index in [1.165, 1.54) is 22.4 Å². The van der Waals surface area contributed by atoms with E-state index in [4.69, 9.17) is 10.5 Å². The minimum absolute atomic E-state index is 0.00231. The maximum Gasteiger partial charge on any atom is 0.122 e. The Hall–Kier alpha value is -1.81. The summed E-state index contributed by atoms with van der Waals surface area (Å²) in [5, 5.41) is 4.46. The van der Waals surface area contributed by atoms with Gasteiger partial charge in [0.05, 0.1) is 12.3 Å². The molecule has 20 heavy (non-hydrogen) atoms. The molecule has 1 atom stereocenters. The van der Waals surface area contributed by atoms with Crippen LogP contribution in [0.5, 0.6) is 5.75 Å². The number of benzene rings is 1. The highest BCUT2D eigenvalue weighted by molar-refractivity contribution is 5.41. The van der Waals surface area contributed by atoms with Crippen molar-refractivity contribution in [3.05, 3.63) is 46.3 Å². The largest absolute Gasteiger partial charge is 0.493 e. The summed E-state index contributed by atoms with van der Waals surface area (Å²) in [6.07, 6.45) is 1.81. The molecule has 0 radical (unpaired) electrons. The molecule has 1 aliphatic rings. The maximum absolute atomic E-state index is 6.39. The highest BCUT2D eigenvalue weighted by atomic mass is 16.5. The summed E-state index contributed by atoms with van der Waals surface area (Å²) >= 11 is 0. The van der Waals surface area contributed by atoms with Crippen molar-refractivity contribution >= 4 is 0 Å². The zero-order valence-corrected chi connectivity index (χ0v) is 12.3. The van der Waals surface area contributed by atoms with Gasteiger partial charge >= 0.3 is 0 Å². The molecule has 2 heterocycles. The van der Waals surface area contributed by atoms with Gasteiger partial charge in [0.2, 0.25) is 0 Å². The van der Waals surface area contributed by atoms with Gasteiger partial charge in [-0.25, -0.2) is 0 Å². The molecule has 4 heteroatoms. The van der Waals surface area contributed by atoms with Crippen molar-refractivity contribution in [2.75, 3.05) is 6.61 Å². The van der Waals surface area contributed by atoms with E-state index < -0.39 is 0 Å². The lowest BCUT2D eigenvalue weighted by Crippen LogP contribution is -2.14. The molecule has 0 saturated carbocycles. The van der Waals surface area contributed by atoms with Crippen LogP contribution in [0.3, 0.4) is 0 Å². The molecular weight excluding hydrogens is 250 g/mol. The Morgan fingerprint density at radius 1 is 1.40 bits per heavy atom. The second-order valence-corrected chi connectivity index (χ2v) is 5.55. The predicted molar refractivity (Wildman–Crippen MR) is 79.0 cm³/mol. The van der Waals surface area contributed by atoms with E-state index in [9.17, 15) is 0 Å². The molecule has 0 saturated heterocycles. The molecule has 0 aliphatic carbocycles. The molecule has 3 rings (SSSR count). The molecule has 0 fully saturated rings. The van der Waals surface area contributed by atoms with Crippen LogP contribution in [-0.4, -0.2) is 16.4 Å². The number of aryl methyl sites for hydroxylation is 2. The third-order valence-electron chi connectivity index (χ3n) is 4.22. The van der Waals surface area contributed by atoms with E-state index in [0.717, 1.165) is 30.9 Å². The van der Waals surface area contributed by atoms with Gasteiger partial charge in [-0.15, -0.1) is 0 Å².